The molecule has 0 bridgehead atoms. The van der Waals surface area contributed by atoms with Gasteiger partial charge in [0.15, 0.2) is 0 Å². The highest BCUT2D eigenvalue weighted by atomic mass is 19.1. The second-order valence-electron chi connectivity index (χ2n) is 9.27. The number of nitrogens with one attached hydrogen (secondary N) is 1. The van der Waals surface area contributed by atoms with Gasteiger partial charge in [0, 0.05) is 25.1 Å². The van der Waals surface area contributed by atoms with E-state index < -0.39 is 0 Å². The molecule has 0 aliphatic heterocycles. The second kappa shape index (κ2) is 12.3. The van der Waals surface area contributed by atoms with Gasteiger partial charge in [0.05, 0.1) is 17.6 Å². The number of aryl methyl sites for hydroxylation is 4. The lowest BCUT2D eigenvalue weighted by atomic mass is 10.1. The van der Waals surface area contributed by atoms with Gasteiger partial charge in [0.25, 0.3) is 5.91 Å². The van der Waals surface area contributed by atoms with Crippen LogP contribution in [0.2, 0.25) is 0 Å². The highest BCUT2D eigenvalue weighted by Gasteiger charge is 2.11. The van der Waals surface area contributed by atoms with Gasteiger partial charge >= 0.3 is 0 Å². The first kappa shape index (κ1) is 25.4. The van der Waals surface area contributed by atoms with Crippen LogP contribution in [0.1, 0.15) is 53.0 Å². The Morgan fingerprint density at radius 2 is 1.69 bits per heavy atom. The van der Waals surface area contributed by atoms with Gasteiger partial charge in [-0.05, 0) is 92.8 Å². The molecule has 0 atom stereocenters. The molecule has 6 heteroatoms. The van der Waals surface area contributed by atoms with E-state index in [1.54, 1.807) is 0 Å². The summed E-state index contributed by atoms with van der Waals surface area (Å²) in [6.07, 6.45) is 4.66. The molecule has 1 amide bonds. The number of nitrogens with zero attached hydrogens (tertiary/aromatic N) is 2. The third kappa shape index (κ3) is 6.94. The zero-order chi connectivity index (χ0) is 25.3. The van der Waals surface area contributed by atoms with Crippen molar-refractivity contribution in [3.63, 3.8) is 0 Å². The van der Waals surface area contributed by atoms with E-state index in [1.807, 2.05) is 6.07 Å². The number of benzene rings is 3. The minimum absolute atomic E-state index is 0.167. The molecule has 1 aromatic heterocycles. The van der Waals surface area contributed by atoms with E-state index in [4.69, 9.17) is 9.72 Å². The Labute approximate surface area is 212 Å². The minimum Gasteiger partial charge on any atom is -0.494 e. The standard InChI is InChI=1S/C30H34FN3O2/c1-22-19-23(2)21-26(20-22)36-18-8-17-34-28-10-6-5-9-27(28)33-29(34)11-4-3-7-16-32-30(35)24-12-14-25(31)15-13-24/h5-6,9-10,12-15,19-21H,3-4,7-8,11,16-18H2,1-2H3,(H,32,35). The van der Waals surface area contributed by atoms with Crippen molar-refractivity contribution in [1.82, 2.24) is 14.9 Å². The van der Waals surface area contributed by atoms with Gasteiger partial charge in [-0.15, -0.1) is 0 Å². The Balaban J connectivity index is 1.25. The van der Waals surface area contributed by atoms with Gasteiger partial charge in [0.2, 0.25) is 0 Å². The lowest BCUT2D eigenvalue weighted by molar-refractivity contribution is 0.0953. The number of carbonyl (C=O) groups is 1. The summed E-state index contributed by atoms with van der Waals surface area (Å²) in [5.41, 5.74) is 5.08. The van der Waals surface area contributed by atoms with Crippen LogP contribution in [0, 0.1) is 19.7 Å². The molecule has 0 radical (unpaired) electrons. The van der Waals surface area contributed by atoms with Gasteiger partial charge in [-0.3, -0.25) is 4.79 Å². The number of halogens is 1. The Bertz CT molecular complexity index is 1280. The molecule has 5 nitrogen and oxygen atoms in total. The molecule has 1 heterocycles. The summed E-state index contributed by atoms with van der Waals surface area (Å²) >= 11 is 0. The minimum atomic E-state index is -0.341. The Morgan fingerprint density at radius 3 is 2.47 bits per heavy atom. The molecule has 188 valence electrons. The number of para-hydroxylation sites is 2. The first-order valence-corrected chi connectivity index (χ1v) is 12.7. The van der Waals surface area contributed by atoms with Crippen LogP contribution in [-0.2, 0) is 13.0 Å². The zero-order valence-electron chi connectivity index (χ0n) is 21.1. The smallest absolute Gasteiger partial charge is 0.251 e. The van der Waals surface area contributed by atoms with Crippen molar-refractivity contribution in [3.8, 4) is 5.75 Å². The SMILES string of the molecule is Cc1cc(C)cc(OCCCn2c(CCCCCNC(=O)c3ccc(F)cc3)nc3ccccc32)c1. The van der Waals surface area contributed by atoms with Crippen LogP contribution in [0.15, 0.2) is 66.7 Å². The van der Waals surface area contributed by atoms with E-state index in [-0.39, 0.29) is 11.7 Å². The zero-order valence-corrected chi connectivity index (χ0v) is 21.1. The number of ether oxygens (including phenoxy) is 1. The normalized spacial score (nSPS) is 11.1. The number of aromatic nitrogens is 2. The van der Waals surface area contributed by atoms with Crippen molar-refractivity contribution in [1.29, 1.82) is 0 Å². The summed E-state index contributed by atoms with van der Waals surface area (Å²) in [6, 6.07) is 20.2. The lowest BCUT2D eigenvalue weighted by Gasteiger charge is -2.11. The Hall–Kier alpha value is -3.67. The van der Waals surface area contributed by atoms with Crippen molar-refractivity contribution < 1.29 is 13.9 Å². The van der Waals surface area contributed by atoms with Gasteiger partial charge in [-0.25, -0.2) is 9.37 Å². The van der Waals surface area contributed by atoms with Crippen molar-refractivity contribution >= 4 is 16.9 Å². The summed E-state index contributed by atoms with van der Waals surface area (Å²) in [4.78, 5) is 17.0. The van der Waals surface area contributed by atoms with Crippen molar-refractivity contribution in [2.24, 2.45) is 0 Å². The Morgan fingerprint density at radius 1 is 0.944 bits per heavy atom. The molecule has 4 aromatic rings. The fourth-order valence-electron chi connectivity index (χ4n) is 4.48. The third-order valence-electron chi connectivity index (χ3n) is 6.19. The van der Waals surface area contributed by atoms with Gasteiger partial charge in [0.1, 0.15) is 17.4 Å². The molecule has 0 aliphatic rings. The molecule has 1 N–H and O–H groups in total. The molecule has 0 saturated carbocycles. The summed E-state index contributed by atoms with van der Waals surface area (Å²) in [7, 11) is 0. The molecule has 3 aromatic carbocycles. The Kier molecular flexibility index (Phi) is 8.71. The van der Waals surface area contributed by atoms with Gasteiger partial charge < -0.3 is 14.6 Å². The molecule has 0 spiro atoms. The maximum Gasteiger partial charge on any atom is 0.251 e. The summed E-state index contributed by atoms with van der Waals surface area (Å²) in [5.74, 6) is 1.51. The number of carbonyl (C=O) groups excluding carboxylic acids is 1. The molecule has 0 unspecified atom stereocenters. The van der Waals surface area contributed by atoms with Crippen molar-refractivity contribution in [2.75, 3.05) is 13.2 Å². The molecule has 0 saturated heterocycles. The predicted octanol–water partition coefficient (Wildman–Crippen LogP) is 6.40. The predicted molar refractivity (Wildman–Crippen MR) is 142 cm³/mol. The van der Waals surface area contributed by atoms with Crippen LogP contribution in [0.4, 0.5) is 4.39 Å². The number of fused-ring (bicyclic) bond motifs is 1. The average Bonchev–Trinajstić information content (AvgIpc) is 3.21. The highest BCUT2D eigenvalue weighted by Crippen LogP contribution is 2.20. The topological polar surface area (TPSA) is 56.1 Å². The van der Waals surface area contributed by atoms with Crippen molar-refractivity contribution in [3.05, 3.63) is 95.1 Å². The van der Waals surface area contributed by atoms with Crippen LogP contribution in [0.5, 0.6) is 5.75 Å². The lowest BCUT2D eigenvalue weighted by Crippen LogP contribution is -2.24. The number of unbranched alkanes of at least 4 members (excludes halogenated alkanes) is 2. The number of hydrogen-bond donors (Lipinski definition) is 1. The van der Waals surface area contributed by atoms with E-state index in [1.165, 1.54) is 35.4 Å². The summed E-state index contributed by atoms with van der Waals surface area (Å²) in [6.45, 7) is 6.28. The van der Waals surface area contributed by atoms with Gasteiger partial charge in [-0.1, -0.05) is 24.6 Å². The van der Waals surface area contributed by atoms with Crippen LogP contribution in [-0.4, -0.2) is 28.6 Å². The van der Waals surface area contributed by atoms with Crippen LogP contribution < -0.4 is 10.1 Å². The van der Waals surface area contributed by atoms with Crippen LogP contribution in [0.25, 0.3) is 11.0 Å². The molecular weight excluding hydrogens is 453 g/mol. The number of amides is 1. The number of imidazole rings is 1. The largest absolute Gasteiger partial charge is 0.494 e. The third-order valence-corrected chi connectivity index (χ3v) is 6.19. The first-order valence-electron chi connectivity index (χ1n) is 12.7. The maximum absolute atomic E-state index is 13.0. The molecule has 0 aliphatic carbocycles. The van der Waals surface area contributed by atoms with E-state index in [2.05, 4.69) is 60.1 Å². The molecule has 36 heavy (non-hydrogen) atoms. The van der Waals surface area contributed by atoms with E-state index in [0.717, 1.165) is 61.3 Å². The molecule has 0 fully saturated rings. The maximum atomic E-state index is 13.0. The fraction of sp³-hybridized carbons (Fsp3) is 0.333. The highest BCUT2D eigenvalue weighted by molar-refractivity contribution is 5.94. The van der Waals surface area contributed by atoms with Crippen LogP contribution in [0.3, 0.4) is 0 Å². The quantitative estimate of drug-likeness (QED) is 0.235. The first-order chi connectivity index (χ1) is 17.5. The number of rotatable bonds is 12. The van der Waals surface area contributed by atoms with E-state index in [9.17, 15) is 9.18 Å². The van der Waals surface area contributed by atoms with E-state index in [0.29, 0.717) is 18.7 Å². The molecular formula is C30H34FN3O2. The van der Waals surface area contributed by atoms with Crippen molar-refractivity contribution in [2.45, 2.75) is 52.5 Å². The van der Waals surface area contributed by atoms with Crippen LogP contribution >= 0.6 is 0 Å². The average molecular weight is 488 g/mol. The fourth-order valence-corrected chi connectivity index (χ4v) is 4.48. The second-order valence-corrected chi connectivity index (χ2v) is 9.27. The van der Waals surface area contributed by atoms with E-state index >= 15 is 0 Å². The monoisotopic (exact) mass is 487 g/mol. The molecule has 4 rings (SSSR count). The van der Waals surface area contributed by atoms with Gasteiger partial charge in [-0.2, -0.15) is 0 Å². The summed E-state index contributed by atoms with van der Waals surface area (Å²) < 4.78 is 21.3. The summed E-state index contributed by atoms with van der Waals surface area (Å²) in [5, 5.41) is 2.91. The number of hydrogen-bond acceptors (Lipinski definition) is 3.